The lowest BCUT2D eigenvalue weighted by atomic mass is 10.4. The van der Waals surface area contributed by atoms with Gasteiger partial charge in [0.15, 0.2) is 0 Å². The second-order valence-corrected chi connectivity index (χ2v) is 2.63. The molecule has 0 aliphatic rings. The largest absolute Gasteiger partial charge is 0.461 e. The Labute approximate surface area is 89.2 Å². The van der Waals surface area contributed by atoms with E-state index in [1.807, 2.05) is 0 Å². The highest BCUT2D eigenvalue weighted by molar-refractivity contribution is 5.81. The van der Waals surface area contributed by atoms with E-state index < -0.39 is 5.97 Å². The average molecular weight is 212 g/mol. The van der Waals surface area contributed by atoms with Crippen molar-refractivity contribution in [3.05, 3.63) is 25.3 Å². The standard InChI is InChI=1S/C10H16N2O3/c1-3-5-6-11-10(14)12-7-8-15-9(13)4-2/h3-4H,1-2,5-8H2,(H2,11,12,14). The molecular weight excluding hydrogens is 196 g/mol. The van der Waals surface area contributed by atoms with Crippen LogP contribution in [0.4, 0.5) is 4.79 Å². The number of urea groups is 1. The maximum atomic E-state index is 11.0. The van der Waals surface area contributed by atoms with Gasteiger partial charge in [0.2, 0.25) is 0 Å². The molecule has 0 fully saturated rings. The molecule has 0 rings (SSSR count). The Kier molecular flexibility index (Phi) is 7.76. The minimum Gasteiger partial charge on any atom is -0.461 e. The van der Waals surface area contributed by atoms with Gasteiger partial charge in [-0.25, -0.2) is 9.59 Å². The molecule has 0 bridgehead atoms. The molecule has 0 spiro atoms. The summed E-state index contributed by atoms with van der Waals surface area (Å²) in [5.41, 5.74) is 0. The highest BCUT2D eigenvalue weighted by Gasteiger charge is 1.98. The second-order valence-electron chi connectivity index (χ2n) is 2.63. The first-order valence-corrected chi connectivity index (χ1v) is 4.62. The number of nitrogens with one attached hydrogen (secondary N) is 2. The molecular formula is C10H16N2O3. The number of esters is 1. The van der Waals surface area contributed by atoms with Gasteiger partial charge >= 0.3 is 12.0 Å². The average Bonchev–Trinajstić information content (AvgIpc) is 2.24. The molecule has 0 heterocycles. The first-order valence-electron chi connectivity index (χ1n) is 4.62. The van der Waals surface area contributed by atoms with E-state index in [1.54, 1.807) is 6.08 Å². The molecule has 0 aliphatic heterocycles. The molecule has 5 nitrogen and oxygen atoms in total. The third-order valence-corrected chi connectivity index (χ3v) is 1.43. The molecule has 0 saturated heterocycles. The predicted molar refractivity (Wildman–Crippen MR) is 57.4 cm³/mol. The van der Waals surface area contributed by atoms with Crippen LogP contribution >= 0.6 is 0 Å². The van der Waals surface area contributed by atoms with Gasteiger partial charge in [-0.15, -0.1) is 6.58 Å². The molecule has 2 amide bonds. The Hall–Kier alpha value is -1.78. The van der Waals surface area contributed by atoms with Crippen molar-refractivity contribution in [3.63, 3.8) is 0 Å². The number of rotatable bonds is 7. The van der Waals surface area contributed by atoms with Gasteiger partial charge in [-0.1, -0.05) is 12.7 Å². The van der Waals surface area contributed by atoms with Crippen LogP contribution < -0.4 is 10.6 Å². The van der Waals surface area contributed by atoms with Crippen LogP contribution in [-0.4, -0.2) is 31.7 Å². The van der Waals surface area contributed by atoms with E-state index >= 15 is 0 Å². The summed E-state index contributed by atoms with van der Waals surface area (Å²) < 4.78 is 4.65. The van der Waals surface area contributed by atoms with Gasteiger partial charge in [0.1, 0.15) is 6.61 Å². The Morgan fingerprint density at radius 3 is 2.47 bits per heavy atom. The van der Waals surface area contributed by atoms with Gasteiger partial charge < -0.3 is 15.4 Å². The van der Waals surface area contributed by atoms with Gasteiger partial charge in [0.05, 0.1) is 6.54 Å². The van der Waals surface area contributed by atoms with Gasteiger partial charge in [-0.3, -0.25) is 0 Å². The Morgan fingerprint density at radius 2 is 1.87 bits per heavy atom. The quantitative estimate of drug-likeness (QED) is 0.281. The van der Waals surface area contributed by atoms with E-state index in [9.17, 15) is 9.59 Å². The first-order chi connectivity index (χ1) is 7.20. The molecule has 0 aromatic carbocycles. The molecule has 5 heteroatoms. The zero-order valence-electron chi connectivity index (χ0n) is 8.62. The predicted octanol–water partition coefficient (Wildman–Crippen LogP) is 0.591. The van der Waals surface area contributed by atoms with Crippen molar-refractivity contribution in [3.8, 4) is 0 Å². The molecule has 0 aliphatic carbocycles. The summed E-state index contributed by atoms with van der Waals surface area (Å²) in [5, 5.41) is 5.13. The van der Waals surface area contributed by atoms with Crippen molar-refractivity contribution in [1.29, 1.82) is 0 Å². The number of hydrogen-bond acceptors (Lipinski definition) is 3. The van der Waals surface area contributed by atoms with E-state index in [1.165, 1.54) is 0 Å². The fourth-order valence-corrected chi connectivity index (χ4v) is 0.725. The zero-order valence-corrected chi connectivity index (χ0v) is 8.62. The molecule has 0 aromatic rings. The van der Waals surface area contributed by atoms with Crippen LogP contribution in [-0.2, 0) is 9.53 Å². The van der Waals surface area contributed by atoms with Crippen LogP contribution in [0.3, 0.4) is 0 Å². The third-order valence-electron chi connectivity index (χ3n) is 1.43. The number of carbonyl (C=O) groups excluding carboxylic acids is 2. The van der Waals surface area contributed by atoms with Crippen molar-refractivity contribution in [2.24, 2.45) is 0 Å². The Bertz CT molecular complexity index is 239. The van der Waals surface area contributed by atoms with Crippen LogP contribution in [0.1, 0.15) is 6.42 Å². The van der Waals surface area contributed by atoms with E-state index in [2.05, 4.69) is 28.5 Å². The number of amides is 2. The fraction of sp³-hybridized carbons (Fsp3) is 0.400. The summed E-state index contributed by atoms with van der Waals surface area (Å²) in [5.74, 6) is -0.496. The fourth-order valence-electron chi connectivity index (χ4n) is 0.725. The van der Waals surface area contributed by atoms with Gasteiger partial charge in [0, 0.05) is 12.6 Å². The highest BCUT2D eigenvalue weighted by Crippen LogP contribution is 1.78. The minimum atomic E-state index is -0.496. The van der Waals surface area contributed by atoms with Gasteiger partial charge in [0.25, 0.3) is 0 Å². The number of carbonyl (C=O) groups is 2. The summed E-state index contributed by atoms with van der Waals surface area (Å²) >= 11 is 0. The van der Waals surface area contributed by atoms with Gasteiger partial charge in [-0.2, -0.15) is 0 Å². The minimum absolute atomic E-state index is 0.139. The smallest absolute Gasteiger partial charge is 0.330 e. The molecule has 2 N–H and O–H groups in total. The summed E-state index contributed by atoms with van der Waals surface area (Å²) in [4.78, 5) is 21.6. The first kappa shape index (κ1) is 13.2. The van der Waals surface area contributed by atoms with Crippen molar-refractivity contribution in [2.75, 3.05) is 19.7 Å². The lowest BCUT2D eigenvalue weighted by molar-refractivity contribution is -0.137. The SMILES string of the molecule is C=CCCNC(=O)NCCOC(=O)C=C. The number of ether oxygens (including phenoxy) is 1. The van der Waals surface area contributed by atoms with Crippen LogP contribution in [0.25, 0.3) is 0 Å². The molecule has 0 unspecified atom stereocenters. The maximum Gasteiger partial charge on any atom is 0.330 e. The maximum absolute atomic E-state index is 11.0. The van der Waals surface area contributed by atoms with Crippen LogP contribution in [0.15, 0.2) is 25.3 Å². The normalized spacial score (nSPS) is 8.80. The lowest BCUT2D eigenvalue weighted by Crippen LogP contribution is -2.37. The topological polar surface area (TPSA) is 67.4 Å². The van der Waals surface area contributed by atoms with Crippen molar-refractivity contribution in [2.45, 2.75) is 6.42 Å². The third kappa shape index (κ3) is 8.55. The van der Waals surface area contributed by atoms with Crippen LogP contribution in [0.5, 0.6) is 0 Å². The van der Waals surface area contributed by atoms with Crippen LogP contribution in [0, 0.1) is 0 Å². The van der Waals surface area contributed by atoms with E-state index in [0.29, 0.717) is 6.54 Å². The van der Waals surface area contributed by atoms with Crippen molar-refractivity contribution >= 4 is 12.0 Å². The molecule has 0 radical (unpaired) electrons. The second kappa shape index (κ2) is 8.80. The number of hydrogen-bond donors (Lipinski definition) is 2. The Morgan fingerprint density at radius 1 is 1.20 bits per heavy atom. The molecule has 0 atom stereocenters. The Balaban J connectivity index is 3.34. The van der Waals surface area contributed by atoms with Crippen molar-refractivity contribution < 1.29 is 14.3 Å². The lowest BCUT2D eigenvalue weighted by Gasteiger charge is -2.06. The highest BCUT2D eigenvalue weighted by atomic mass is 16.5. The monoisotopic (exact) mass is 212 g/mol. The van der Waals surface area contributed by atoms with Crippen LogP contribution in [0.2, 0.25) is 0 Å². The van der Waals surface area contributed by atoms with E-state index in [4.69, 9.17) is 0 Å². The summed E-state index contributed by atoms with van der Waals surface area (Å²) in [6, 6.07) is -0.286. The van der Waals surface area contributed by atoms with E-state index in [0.717, 1.165) is 12.5 Å². The summed E-state index contributed by atoms with van der Waals surface area (Å²) in [6.45, 7) is 7.72. The van der Waals surface area contributed by atoms with E-state index in [-0.39, 0.29) is 19.2 Å². The zero-order chi connectivity index (χ0) is 11.5. The summed E-state index contributed by atoms with van der Waals surface area (Å²) in [6.07, 6.45) is 3.51. The van der Waals surface area contributed by atoms with Gasteiger partial charge in [-0.05, 0) is 6.42 Å². The summed E-state index contributed by atoms with van der Waals surface area (Å²) in [7, 11) is 0. The molecule has 0 aromatic heterocycles. The molecule has 0 saturated carbocycles. The molecule has 84 valence electrons. The molecule has 15 heavy (non-hydrogen) atoms. The van der Waals surface area contributed by atoms with Crippen molar-refractivity contribution in [1.82, 2.24) is 10.6 Å².